The summed E-state index contributed by atoms with van der Waals surface area (Å²) in [5.41, 5.74) is -0.272. The number of pyridine rings is 1. The van der Waals surface area contributed by atoms with Gasteiger partial charge in [-0.05, 0) is 32.9 Å². The average Bonchev–Trinajstić information content (AvgIpc) is 2.45. The SMILES string of the molecule is CC(C)(C)OCC(=O)N1CCN(c2ccccn2)CC1. The number of hydrogen-bond donors (Lipinski definition) is 0. The van der Waals surface area contributed by atoms with Gasteiger partial charge >= 0.3 is 0 Å². The number of carbonyl (C=O) groups is 1. The Morgan fingerprint density at radius 2 is 1.95 bits per heavy atom. The van der Waals surface area contributed by atoms with Crippen LogP contribution in [-0.2, 0) is 9.53 Å². The van der Waals surface area contributed by atoms with Crippen molar-refractivity contribution in [2.24, 2.45) is 0 Å². The minimum absolute atomic E-state index is 0.0700. The lowest BCUT2D eigenvalue weighted by Gasteiger charge is -2.35. The van der Waals surface area contributed by atoms with Crippen molar-refractivity contribution in [1.82, 2.24) is 9.88 Å². The van der Waals surface area contributed by atoms with Gasteiger partial charge in [0.2, 0.25) is 5.91 Å². The number of rotatable bonds is 3. The summed E-state index contributed by atoms with van der Waals surface area (Å²) < 4.78 is 5.54. The van der Waals surface area contributed by atoms with Crippen LogP contribution in [0.1, 0.15) is 20.8 Å². The van der Waals surface area contributed by atoms with Gasteiger partial charge in [-0.1, -0.05) is 6.07 Å². The molecule has 2 rings (SSSR count). The quantitative estimate of drug-likeness (QED) is 0.841. The Kier molecular flexibility index (Phi) is 4.60. The van der Waals surface area contributed by atoms with Crippen LogP contribution < -0.4 is 4.90 Å². The third kappa shape index (κ3) is 4.20. The largest absolute Gasteiger partial charge is 0.366 e. The van der Waals surface area contributed by atoms with Gasteiger partial charge in [0, 0.05) is 32.4 Å². The second-order valence-electron chi connectivity index (χ2n) is 5.96. The molecule has 0 N–H and O–H groups in total. The molecule has 0 saturated carbocycles. The van der Waals surface area contributed by atoms with E-state index >= 15 is 0 Å². The molecule has 1 fully saturated rings. The Balaban J connectivity index is 1.81. The standard InChI is InChI=1S/C15H23N3O2/c1-15(2,3)20-12-14(19)18-10-8-17(9-11-18)13-6-4-5-7-16-13/h4-7H,8-12H2,1-3H3. The van der Waals surface area contributed by atoms with Crippen LogP contribution in [0.5, 0.6) is 0 Å². The maximum absolute atomic E-state index is 12.1. The molecule has 0 aromatic carbocycles. The van der Waals surface area contributed by atoms with E-state index in [4.69, 9.17) is 4.74 Å². The predicted molar refractivity (Wildman–Crippen MR) is 78.7 cm³/mol. The summed E-state index contributed by atoms with van der Waals surface area (Å²) in [5.74, 6) is 1.05. The first-order valence-corrected chi connectivity index (χ1v) is 7.03. The summed E-state index contributed by atoms with van der Waals surface area (Å²) in [7, 11) is 0. The first-order valence-electron chi connectivity index (χ1n) is 7.03. The molecule has 5 nitrogen and oxygen atoms in total. The topological polar surface area (TPSA) is 45.7 Å². The van der Waals surface area contributed by atoms with Gasteiger partial charge < -0.3 is 14.5 Å². The van der Waals surface area contributed by atoms with Gasteiger partial charge in [0.05, 0.1) is 5.60 Å². The number of carbonyl (C=O) groups excluding carboxylic acids is 1. The van der Waals surface area contributed by atoms with Crippen molar-refractivity contribution < 1.29 is 9.53 Å². The Bertz CT molecular complexity index is 434. The summed E-state index contributed by atoms with van der Waals surface area (Å²) in [5, 5.41) is 0. The second kappa shape index (κ2) is 6.22. The first kappa shape index (κ1) is 14.8. The van der Waals surface area contributed by atoms with Gasteiger partial charge in [0.25, 0.3) is 0 Å². The van der Waals surface area contributed by atoms with Crippen LogP contribution >= 0.6 is 0 Å². The number of amides is 1. The van der Waals surface area contributed by atoms with E-state index in [-0.39, 0.29) is 18.1 Å². The molecule has 2 heterocycles. The van der Waals surface area contributed by atoms with E-state index in [1.54, 1.807) is 6.20 Å². The van der Waals surface area contributed by atoms with E-state index in [9.17, 15) is 4.79 Å². The summed E-state index contributed by atoms with van der Waals surface area (Å²) in [6.07, 6.45) is 1.80. The number of hydrogen-bond acceptors (Lipinski definition) is 4. The molecule has 1 amide bonds. The van der Waals surface area contributed by atoms with E-state index in [1.807, 2.05) is 43.9 Å². The van der Waals surface area contributed by atoms with Crippen molar-refractivity contribution in [1.29, 1.82) is 0 Å². The van der Waals surface area contributed by atoms with E-state index in [1.165, 1.54) is 0 Å². The van der Waals surface area contributed by atoms with Crippen molar-refractivity contribution in [3.8, 4) is 0 Å². The summed E-state index contributed by atoms with van der Waals surface area (Å²) in [4.78, 5) is 20.5. The van der Waals surface area contributed by atoms with Gasteiger partial charge in [-0.3, -0.25) is 4.79 Å². The highest BCUT2D eigenvalue weighted by atomic mass is 16.5. The minimum Gasteiger partial charge on any atom is -0.366 e. The van der Waals surface area contributed by atoms with Crippen molar-refractivity contribution in [2.45, 2.75) is 26.4 Å². The zero-order chi connectivity index (χ0) is 14.6. The Labute approximate surface area is 120 Å². The molecule has 0 radical (unpaired) electrons. The van der Waals surface area contributed by atoms with Crippen LogP contribution in [0.3, 0.4) is 0 Å². The molecule has 1 saturated heterocycles. The maximum atomic E-state index is 12.1. The maximum Gasteiger partial charge on any atom is 0.248 e. The van der Waals surface area contributed by atoms with Gasteiger partial charge in [0.15, 0.2) is 0 Å². The molecule has 1 aliphatic rings. The monoisotopic (exact) mass is 277 g/mol. The molecule has 0 unspecified atom stereocenters. The second-order valence-corrected chi connectivity index (χ2v) is 5.96. The molecular weight excluding hydrogens is 254 g/mol. The molecule has 110 valence electrons. The molecule has 0 aliphatic carbocycles. The fraction of sp³-hybridized carbons (Fsp3) is 0.600. The number of anilines is 1. The van der Waals surface area contributed by atoms with Crippen LogP contribution in [0, 0.1) is 0 Å². The lowest BCUT2D eigenvalue weighted by Crippen LogP contribution is -2.50. The van der Waals surface area contributed by atoms with Crippen molar-refractivity contribution in [3.05, 3.63) is 24.4 Å². The van der Waals surface area contributed by atoms with Crippen LogP contribution in [0.4, 0.5) is 5.82 Å². The lowest BCUT2D eigenvalue weighted by molar-refractivity contribution is -0.141. The Morgan fingerprint density at radius 1 is 1.25 bits per heavy atom. The van der Waals surface area contributed by atoms with Crippen LogP contribution in [0.15, 0.2) is 24.4 Å². The molecule has 0 bridgehead atoms. The zero-order valence-electron chi connectivity index (χ0n) is 12.5. The molecule has 1 aromatic rings. The summed E-state index contributed by atoms with van der Waals surface area (Å²) in [6, 6.07) is 5.89. The van der Waals surface area contributed by atoms with Crippen LogP contribution in [-0.4, -0.2) is 54.2 Å². The highest BCUT2D eigenvalue weighted by molar-refractivity contribution is 5.77. The van der Waals surface area contributed by atoms with Crippen molar-refractivity contribution in [3.63, 3.8) is 0 Å². The van der Waals surface area contributed by atoms with E-state index < -0.39 is 0 Å². The molecule has 0 spiro atoms. The van der Waals surface area contributed by atoms with Crippen molar-refractivity contribution >= 4 is 11.7 Å². The summed E-state index contributed by atoms with van der Waals surface area (Å²) in [6.45, 7) is 9.12. The summed E-state index contributed by atoms with van der Waals surface area (Å²) >= 11 is 0. The average molecular weight is 277 g/mol. The molecule has 0 atom stereocenters. The van der Waals surface area contributed by atoms with E-state index in [0.717, 1.165) is 32.0 Å². The molecule has 1 aliphatic heterocycles. The fourth-order valence-corrected chi connectivity index (χ4v) is 2.10. The number of aromatic nitrogens is 1. The molecular formula is C15H23N3O2. The third-order valence-corrected chi connectivity index (χ3v) is 3.23. The lowest BCUT2D eigenvalue weighted by atomic mass is 10.2. The van der Waals surface area contributed by atoms with E-state index in [2.05, 4.69) is 9.88 Å². The third-order valence-electron chi connectivity index (χ3n) is 3.23. The molecule has 20 heavy (non-hydrogen) atoms. The number of ether oxygens (including phenoxy) is 1. The number of piperazine rings is 1. The highest BCUT2D eigenvalue weighted by Gasteiger charge is 2.23. The normalized spacial score (nSPS) is 16.4. The van der Waals surface area contributed by atoms with Crippen LogP contribution in [0.2, 0.25) is 0 Å². The first-order chi connectivity index (χ1) is 9.46. The highest BCUT2D eigenvalue weighted by Crippen LogP contribution is 2.13. The Hall–Kier alpha value is -1.62. The fourth-order valence-electron chi connectivity index (χ4n) is 2.10. The zero-order valence-corrected chi connectivity index (χ0v) is 12.5. The smallest absolute Gasteiger partial charge is 0.248 e. The van der Waals surface area contributed by atoms with Gasteiger partial charge in [0.1, 0.15) is 12.4 Å². The van der Waals surface area contributed by atoms with E-state index in [0.29, 0.717) is 0 Å². The predicted octanol–water partition coefficient (Wildman–Crippen LogP) is 1.55. The van der Waals surface area contributed by atoms with Gasteiger partial charge in [-0.25, -0.2) is 4.98 Å². The number of nitrogens with zero attached hydrogens (tertiary/aromatic N) is 3. The molecule has 5 heteroatoms. The molecule has 1 aromatic heterocycles. The Morgan fingerprint density at radius 3 is 2.50 bits per heavy atom. The van der Waals surface area contributed by atoms with Crippen LogP contribution in [0.25, 0.3) is 0 Å². The van der Waals surface area contributed by atoms with Gasteiger partial charge in [-0.2, -0.15) is 0 Å². The minimum atomic E-state index is -0.272. The van der Waals surface area contributed by atoms with Gasteiger partial charge in [-0.15, -0.1) is 0 Å². The van der Waals surface area contributed by atoms with Crippen molar-refractivity contribution in [2.75, 3.05) is 37.7 Å².